The maximum absolute atomic E-state index is 14.2. The monoisotopic (exact) mass is 671 g/mol. The molecule has 2 saturated heterocycles. The van der Waals surface area contributed by atoms with Crippen LogP contribution in [0.4, 0.5) is 4.39 Å². The number of sulfonamides is 1. The van der Waals surface area contributed by atoms with E-state index >= 15 is 0 Å². The van der Waals surface area contributed by atoms with Gasteiger partial charge in [-0.25, -0.2) is 12.8 Å². The van der Waals surface area contributed by atoms with Gasteiger partial charge in [0.05, 0.1) is 18.6 Å². The van der Waals surface area contributed by atoms with E-state index in [0.717, 1.165) is 70.0 Å². The van der Waals surface area contributed by atoms with Gasteiger partial charge in [-0.2, -0.15) is 4.31 Å². The first-order valence-electron chi connectivity index (χ1n) is 17.5. The number of methoxy groups -OCH3 is 1. The fourth-order valence-electron chi connectivity index (χ4n) is 8.30. The molecule has 1 aliphatic carbocycles. The Morgan fingerprint density at radius 2 is 1.68 bits per heavy atom. The molecule has 260 valence electrons. The van der Waals surface area contributed by atoms with E-state index in [4.69, 9.17) is 9.47 Å². The molecule has 2 aromatic carbocycles. The largest absolute Gasteiger partial charge is 0.497 e. The highest BCUT2D eigenvalue weighted by Gasteiger charge is 2.42. The minimum atomic E-state index is -3.73. The summed E-state index contributed by atoms with van der Waals surface area (Å²) in [6, 6.07) is 10.4. The number of hydrogen-bond donors (Lipinski definition) is 0. The Morgan fingerprint density at radius 1 is 1.00 bits per heavy atom. The number of piperidine rings is 1. The minimum absolute atomic E-state index is 0.0568. The summed E-state index contributed by atoms with van der Waals surface area (Å²) in [6.07, 6.45) is 11.2. The predicted molar refractivity (Wildman–Crippen MR) is 183 cm³/mol. The van der Waals surface area contributed by atoms with Crippen molar-refractivity contribution in [1.82, 2.24) is 14.1 Å². The van der Waals surface area contributed by atoms with E-state index in [1.165, 1.54) is 18.9 Å². The third-order valence-corrected chi connectivity index (χ3v) is 13.1. The zero-order chi connectivity index (χ0) is 33.6. The summed E-state index contributed by atoms with van der Waals surface area (Å²) in [6.45, 7) is 7.03. The van der Waals surface area contributed by atoms with Crippen molar-refractivity contribution in [2.75, 3.05) is 53.6 Å². The minimum Gasteiger partial charge on any atom is -0.497 e. The molecule has 3 fully saturated rings. The van der Waals surface area contributed by atoms with Gasteiger partial charge in [0.1, 0.15) is 18.2 Å². The molecule has 1 unspecified atom stereocenters. The second kappa shape index (κ2) is 15.8. The fraction of sp³-hybridized carbons (Fsp3) is 0.649. The molecule has 0 N–H and O–H groups in total. The van der Waals surface area contributed by atoms with Crippen molar-refractivity contribution in [3.05, 3.63) is 58.9 Å². The average Bonchev–Trinajstić information content (AvgIpc) is 3.60. The zero-order valence-corrected chi connectivity index (χ0v) is 29.6. The van der Waals surface area contributed by atoms with Gasteiger partial charge in [0.25, 0.3) is 0 Å². The normalized spacial score (nSPS) is 24.4. The van der Waals surface area contributed by atoms with Crippen molar-refractivity contribution in [1.29, 1.82) is 0 Å². The molecule has 1 amide bonds. The summed E-state index contributed by atoms with van der Waals surface area (Å²) in [5, 5.41) is 0. The van der Waals surface area contributed by atoms with Gasteiger partial charge in [-0.15, -0.1) is 0 Å². The maximum atomic E-state index is 14.2. The Balaban J connectivity index is 1.08. The Hall–Kier alpha value is -2.53. The Bertz CT molecular complexity index is 1450. The van der Waals surface area contributed by atoms with Crippen molar-refractivity contribution >= 4 is 15.9 Å². The number of halogens is 1. The molecule has 1 saturated carbocycles. The van der Waals surface area contributed by atoms with E-state index in [-0.39, 0.29) is 36.5 Å². The predicted octanol–water partition coefficient (Wildman–Crippen LogP) is 6.43. The first kappa shape index (κ1) is 35.8. The maximum Gasteiger partial charge on any atom is 0.248 e. The van der Waals surface area contributed by atoms with Crippen LogP contribution in [0.15, 0.2) is 41.3 Å². The molecular formula is C37H54FN3O5S. The van der Waals surface area contributed by atoms with Crippen LogP contribution in [0.3, 0.4) is 0 Å². The van der Waals surface area contributed by atoms with E-state index in [1.54, 1.807) is 48.4 Å². The topological polar surface area (TPSA) is 79.4 Å². The van der Waals surface area contributed by atoms with Crippen LogP contribution in [0.5, 0.6) is 5.75 Å². The standard InChI is InChI=1S/C37H54FN3O5S/c1-28-23-34(45-4)24-29(2)36(28)47(43,44)41-22-6-5-14-33(41)26-46-27-35(42)39(3)19-10-11-30-15-17-37(18-16-30,40-20-7-8-21-40)31-12-9-13-32(38)25-31/h9,12-13,23-25,30,33H,5-8,10-11,14-22,26-27H2,1-4H3. The molecule has 0 bridgehead atoms. The first-order chi connectivity index (χ1) is 22.5. The van der Waals surface area contributed by atoms with Crippen LogP contribution in [0.2, 0.25) is 0 Å². The lowest BCUT2D eigenvalue weighted by atomic mass is 9.70. The van der Waals surface area contributed by atoms with Crippen molar-refractivity contribution in [3.8, 4) is 5.75 Å². The second-order valence-electron chi connectivity index (χ2n) is 14.0. The second-order valence-corrected chi connectivity index (χ2v) is 15.8. The molecule has 10 heteroatoms. The molecule has 2 aliphatic heterocycles. The third-order valence-electron chi connectivity index (χ3n) is 10.9. The molecule has 0 spiro atoms. The summed E-state index contributed by atoms with van der Waals surface area (Å²) in [5.41, 5.74) is 2.39. The number of benzene rings is 2. The third kappa shape index (κ3) is 8.20. The summed E-state index contributed by atoms with van der Waals surface area (Å²) >= 11 is 0. The highest BCUT2D eigenvalue weighted by molar-refractivity contribution is 7.89. The molecule has 0 aromatic heterocycles. The molecule has 2 aromatic rings. The number of likely N-dealkylation sites (tertiary alicyclic amines) is 1. The van der Waals surface area contributed by atoms with E-state index in [9.17, 15) is 17.6 Å². The van der Waals surface area contributed by atoms with E-state index in [0.29, 0.717) is 47.2 Å². The van der Waals surface area contributed by atoms with Crippen molar-refractivity contribution in [3.63, 3.8) is 0 Å². The Morgan fingerprint density at radius 3 is 2.34 bits per heavy atom. The number of hydrogen-bond acceptors (Lipinski definition) is 6. The van der Waals surface area contributed by atoms with Crippen LogP contribution >= 0.6 is 0 Å². The number of rotatable bonds is 13. The van der Waals surface area contributed by atoms with Gasteiger partial charge in [0.2, 0.25) is 15.9 Å². The highest BCUT2D eigenvalue weighted by Crippen LogP contribution is 2.46. The van der Waals surface area contributed by atoms with Crippen LogP contribution in [-0.4, -0.2) is 88.0 Å². The van der Waals surface area contributed by atoms with E-state index < -0.39 is 10.0 Å². The van der Waals surface area contributed by atoms with E-state index in [1.807, 2.05) is 13.1 Å². The lowest BCUT2D eigenvalue weighted by Crippen LogP contribution is -2.47. The average molecular weight is 672 g/mol. The fourth-order valence-corrected chi connectivity index (χ4v) is 10.4. The van der Waals surface area contributed by atoms with Crippen molar-refractivity contribution in [2.24, 2.45) is 5.92 Å². The van der Waals surface area contributed by atoms with Gasteiger partial charge in [-0.3, -0.25) is 9.69 Å². The van der Waals surface area contributed by atoms with Crippen LogP contribution in [0.1, 0.15) is 87.3 Å². The van der Waals surface area contributed by atoms with Gasteiger partial charge in [0, 0.05) is 31.7 Å². The summed E-state index contributed by atoms with van der Waals surface area (Å²) in [4.78, 5) is 17.6. The molecular weight excluding hydrogens is 617 g/mol. The molecule has 0 radical (unpaired) electrons. The van der Waals surface area contributed by atoms with Crippen LogP contribution in [0, 0.1) is 25.6 Å². The molecule has 1 atom stereocenters. The summed E-state index contributed by atoms with van der Waals surface area (Å²) in [7, 11) is -0.338. The Labute approximate surface area is 281 Å². The number of nitrogens with zero attached hydrogens (tertiary/aromatic N) is 3. The number of carbonyl (C=O) groups is 1. The molecule has 8 nitrogen and oxygen atoms in total. The molecule has 2 heterocycles. The van der Waals surface area contributed by atoms with Gasteiger partial charge in [0.15, 0.2) is 0 Å². The van der Waals surface area contributed by atoms with Crippen molar-refractivity contribution < 1.29 is 27.1 Å². The van der Waals surface area contributed by atoms with Crippen LogP contribution < -0.4 is 4.74 Å². The molecule has 3 aliphatic rings. The lowest BCUT2D eigenvalue weighted by Gasteiger charge is -2.47. The SMILES string of the molecule is COc1cc(C)c(S(=O)(=O)N2CCCCC2COCC(=O)N(C)CCCC2CCC(c3cccc(F)c3)(N3CCCC3)CC2)c(C)c1. The zero-order valence-electron chi connectivity index (χ0n) is 28.8. The first-order valence-corrected chi connectivity index (χ1v) is 19.0. The molecule has 5 rings (SSSR count). The number of likely N-dealkylation sites (N-methyl/N-ethyl adjacent to an activating group) is 1. The van der Waals surface area contributed by atoms with Gasteiger partial charge in [-0.1, -0.05) is 18.6 Å². The summed E-state index contributed by atoms with van der Waals surface area (Å²) in [5.74, 6) is 1.01. The quantitative estimate of drug-likeness (QED) is 0.244. The number of ether oxygens (including phenoxy) is 2. The summed E-state index contributed by atoms with van der Waals surface area (Å²) < 4.78 is 54.6. The van der Waals surface area contributed by atoms with Crippen LogP contribution in [-0.2, 0) is 25.1 Å². The van der Waals surface area contributed by atoms with Crippen LogP contribution in [0.25, 0.3) is 0 Å². The van der Waals surface area contributed by atoms with Crippen molar-refractivity contribution in [2.45, 2.75) is 101 Å². The lowest BCUT2D eigenvalue weighted by molar-refractivity contribution is -0.135. The smallest absolute Gasteiger partial charge is 0.248 e. The number of aryl methyl sites for hydroxylation is 2. The van der Waals surface area contributed by atoms with Gasteiger partial charge in [-0.05, 0) is 138 Å². The Kier molecular flexibility index (Phi) is 12.0. The molecule has 47 heavy (non-hydrogen) atoms. The van der Waals surface area contributed by atoms with Gasteiger partial charge >= 0.3 is 0 Å². The number of carbonyl (C=O) groups excluding carboxylic acids is 1. The number of amides is 1. The van der Waals surface area contributed by atoms with Gasteiger partial charge < -0.3 is 14.4 Å². The van der Waals surface area contributed by atoms with E-state index in [2.05, 4.69) is 11.0 Å². The highest BCUT2D eigenvalue weighted by atomic mass is 32.2.